The first kappa shape index (κ1) is 8.47. The smallest absolute Gasteiger partial charge is 0.357 e. The summed E-state index contributed by atoms with van der Waals surface area (Å²) >= 11 is 0. The summed E-state index contributed by atoms with van der Waals surface area (Å²) in [5.74, 6) is -3.58. The van der Waals surface area contributed by atoms with E-state index in [1.54, 1.807) is 0 Å². The van der Waals surface area contributed by atoms with Crippen LogP contribution in [0.5, 0.6) is 5.75 Å². The summed E-state index contributed by atoms with van der Waals surface area (Å²) < 4.78 is 25.1. The molecule has 0 unspecified atom stereocenters. The van der Waals surface area contributed by atoms with Gasteiger partial charge in [-0.3, -0.25) is 0 Å². The first-order valence-corrected chi connectivity index (χ1v) is 3.15. The molecule has 0 aliphatic rings. The fourth-order valence-corrected chi connectivity index (χ4v) is 0.735. The molecule has 1 aromatic rings. The zero-order valence-corrected chi connectivity index (χ0v) is 5.96. The van der Waals surface area contributed by atoms with Crippen LogP contribution in [0.4, 0.5) is 8.78 Å². The van der Waals surface area contributed by atoms with Crippen molar-refractivity contribution in [3.8, 4) is 11.8 Å². The third-order valence-electron chi connectivity index (χ3n) is 1.37. The second-order valence-corrected chi connectivity index (χ2v) is 2.23. The SMILES string of the molecule is N#CC(F)(F)c1ccc(O)cc1. The van der Waals surface area contributed by atoms with E-state index >= 15 is 0 Å². The van der Waals surface area contributed by atoms with E-state index in [1.165, 1.54) is 0 Å². The Morgan fingerprint density at radius 3 is 2.17 bits per heavy atom. The molecule has 0 spiro atoms. The molecule has 0 saturated carbocycles. The number of aromatic hydroxyl groups is 1. The Kier molecular flexibility index (Phi) is 1.96. The Morgan fingerprint density at radius 2 is 1.75 bits per heavy atom. The molecule has 0 fully saturated rings. The summed E-state index contributed by atoms with van der Waals surface area (Å²) in [6.07, 6.45) is 0. The molecule has 12 heavy (non-hydrogen) atoms. The lowest BCUT2D eigenvalue weighted by Gasteiger charge is -2.06. The summed E-state index contributed by atoms with van der Waals surface area (Å²) in [6, 6.07) is 5.11. The van der Waals surface area contributed by atoms with E-state index < -0.39 is 11.5 Å². The van der Waals surface area contributed by atoms with Gasteiger partial charge in [0.25, 0.3) is 0 Å². The number of phenolic OH excluding ortho intramolecular Hbond substituents is 1. The van der Waals surface area contributed by atoms with Crippen LogP contribution in [0.1, 0.15) is 5.56 Å². The topological polar surface area (TPSA) is 44.0 Å². The standard InChI is InChI=1S/C8H5F2NO/c9-8(10,5-11)6-1-3-7(12)4-2-6/h1-4,12H. The predicted octanol–water partition coefficient (Wildman–Crippen LogP) is 2.01. The highest BCUT2D eigenvalue weighted by atomic mass is 19.3. The van der Waals surface area contributed by atoms with Gasteiger partial charge in [-0.1, -0.05) is 0 Å². The zero-order chi connectivity index (χ0) is 9.19. The highest BCUT2D eigenvalue weighted by Gasteiger charge is 2.30. The van der Waals surface area contributed by atoms with Crippen LogP contribution >= 0.6 is 0 Å². The van der Waals surface area contributed by atoms with Gasteiger partial charge in [0, 0.05) is 5.56 Å². The minimum absolute atomic E-state index is 0.104. The predicted molar refractivity (Wildman–Crippen MR) is 37.6 cm³/mol. The van der Waals surface area contributed by atoms with E-state index in [0.29, 0.717) is 0 Å². The number of halogens is 2. The maximum absolute atomic E-state index is 12.6. The molecule has 0 radical (unpaired) electrons. The van der Waals surface area contributed by atoms with E-state index in [1.807, 2.05) is 0 Å². The van der Waals surface area contributed by atoms with Gasteiger partial charge in [-0.15, -0.1) is 0 Å². The summed E-state index contributed by atoms with van der Waals surface area (Å²) in [5, 5.41) is 16.8. The van der Waals surface area contributed by atoms with Gasteiger partial charge in [-0.05, 0) is 24.3 Å². The van der Waals surface area contributed by atoms with Crippen molar-refractivity contribution in [2.24, 2.45) is 0 Å². The van der Waals surface area contributed by atoms with Gasteiger partial charge in [-0.2, -0.15) is 14.0 Å². The average molecular weight is 169 g/mol. The fourth-order valence-electron chi connectivity index (χ4n) is 0.735. The molecule has 1 aromatic carbocycles. The van der Waals surface area contributed by atoms with Crippen molar-refractivity contribution >= 4 is 0 Å². The number of rotatable bonds is 1. The number of benzene rings is 1. The van der Waals surface area contributed by atoms with Crippen LogP contribution in [0.15, 0.2) is 24.3 Å². The molecule has 0 aliphatic heterocycles. The molecule has 0 heterocycles. The Hall–Kier alpha value is -1.63. The van der Waals surface area contributed by atoms with E-state index in [-0.39, 0.29) is 5.75 Å². The van der Waals surface area contributed by atoms with Crippen LogP contribution in [0.25, 0.3) is 0 Å². The van der Waals surface area contributed by atoms with Crippen molar-refractivity contribution in [2.45, 2.75) is 5.92 Å². The van der Waals surface area contributed by atoms with Gasteiger partial charge >= 0.3 is 5.92 Å². The van der Waals surface area contributed by atoms with Crippen LogP contribution < -0.4 is 0 Å². The molecule has 4 heteroatoms. The van der Waals surface area contributed by atoms with Gasteiger partial charge in [0.1, 0.15) is 11.8 Å². The highest BCUT2D eigenvalue weighted by Crippen LogP contribution is 2.27. The van der Waals surface area contributed by atoms with Crippen molar-refractivity contribution in [3.63, 3.8) is 0 Å². The highest BCUT2D eigenvalue weighted by molar-refractivity contribution is 5.31. The van der Waals surface area contributed by atoms with Crippen LogP contribution in [0, 0.1) is 11.3 Å². The van der Waals surface area contributed by atoms with E-state index in [0.717, 1.165) is 30.3 Å². The third-order valence-corrected chi connectivity index (χ3v) is 1.37. The molecular formula is C8H5F2NO. The lowest BCUT2D eigenvalue weighted by Crippen LogP contribution is -2.08. The Bertz CT molecular complexity index is 313. The van der Waals surface area contributed by atoms with Crippen LogP contribution in [-0.2, 0) is 5.92 Å². The molecule has 1 N–H and O–H groups in total. The number of nitrogens with zero attached hydrogens (tertiary/aromatic N) is 1. The van der Waals surface area contributed by atoms with Crippen molar-refractivity contribution in [2.75, 3.05) is 0 Å². The minimum Gasteiger partial charge on any atom is -0.508 e. The maximum atomic E-state index is 12.6. The van der Waals surface area contributed by atoms with E-state index in [2.05, 4.69) is 0 Å². The lowest BCUT2D eigenvalue weighted by molar-refractivity contribution is 0.0612. The first-order valence-electron chi connectivity index (χ1n) is 3.15. The van der Waals surface area contributed by atoms with Gasteiger partial charge < -0.3 is 5.11 Å². The maximum Gasteiger partial charge on any atom is 0.357 e. The average Bonchev–Trinajstić information content (AvgIpc) is 2.05. The molecule has 0 aliphatic carbocycles. The Balaban J connectivity index is 3.07. The number of nitriles is 1. The van der Waals surface area contributed by atoms with Gasteiger partial charge in [0.2, 0.25) is 0 Å². The molecule has 0 bridgehead atoms. The number of alkyl halides is 2. The van der Waals surface area contributed by atoms with Crippen LogP contribution in [-0.4, -0.2) is 5.11 Å². The number of phenols is 1. The van der Waals surface area contributed by atoms with Crippen molar-refractivity contribution in [3.05, 3.63) is 29.8 Å². The zero-order valence-electron chi connectivity index (χ0n) is 5.96. The molecular weight excluding hydrogens is 164 g/mol. The largest absolute Gasteiger partial charge is 0.508 e. The summed E-state index contributed by atoms with van der Waals surface area (Å²) in [6.45, 7) is 0. The molecule has 0 atom stereocenters. The van der Waals surface area contributed by atoms with E-state index in [4.69, 9.17) is 10.4 Å². The molecule has 62 valence electrons. The third kappa shape index (κ3) is 1.51. The van der Waals surface area contributed by atoms with Crippen molar-refractivity contribution in [1.29, 1.82) is 5.26 Å². The second-order valence-electron chi connectivity index (χ2n) is 2.23. The molecule has 1 rings (SSSR count). The van der Waals surface area contributed by atoms with E-state index in [9.17, 15) is 8.78 Å². The fraction of sp³-hybridized carbons (Fsp3) is 0.125. The summed E-state index contributed by atoms with van der Waals surface area (Å²) in [7, 11) is 0. The lowest BCUT2D eigenvalue weighted by atomic mass is 10.1. The quantitative estimate of drug-likeness (QED) is 0.698. The van der Waals surface area contributed by atoms with Gasteiger partial charge in [-0.25, -0.2) is 0 Å². The Labute approximate surface area is 67.7 Å². The van der Waals surface area contributed by atoms with Crippen molar-refractivity contribution < 1.29 is 13.9 Å². The number of hydrogen-bond acceptors (Lipinski definition) is 2. The Morgan fingerprint density at radius 1 is 1.25 bits per heavy atom. The summed E-state index contributed by atoms with van der Waals surface area (Å²) in [5.41, 5.74) is -0.414. The first-order chi connectivity index (χ1) is 5.56. The van der Waals surface area contributed by atoms with Gasteiger partial charge in [0.15, 0.2) is 0 Å². The number of hydrogen-bond donors (Lipinski definition) is 1. The molecule has 2 nitrogen and oxygen atoms in total. The molecule has 0 amide bonds. The van der Waals surface area contributed by atoms with Crippen LogP contribution in [0.2, 0.25) is 0 Å². The van der Waals surface area contributed by atoms with Crippen molar-refractivity contribution in [1.82, 2.24) is 0 Å². The monoisotopic (exact) mass is 169 g/mol. The minimum atomic E-state index is -3.48. The second kappa shape index (κ2) is 2.78. The normalized spacial score (nSPS) is 10.8. The molecule has 0 saturated heterocycles. The van der Waals surface area contributed by atoms with Crippen LogP contribution in [0.3, 0.4) is 0 Å². The molecule has 0 aromatic heterocycles. The van der Waals surface area contributed by atoms with Gasteiger partial charge in [0.05, 0.1) is 0 Å². The summed E-state index contributed by atoms with van der Waals surface area (Å²) in [4.78, 5) is 0.